The Morgan fingerprint density at radius 3 is 1.84 bits per heavy atom. The molecule has 0 aromatic heterocycles. The minimum atomic E-state index is -1.04. The van der Waals surface area contributed by atoms with E-state index in [-0.39, 0.29) is 13.0 Å². The van der Waals surface area contributed by atoms with E-state index in [1.807, 2.05) is 115 Å². The van der Waals surface area contributed by atoms with Crippen LogP contribution in [0.25, 0.3) is 0 Å². The van der Waals surface area contributed by atoms with Gasteiger partial charge in [-0.05, 0) is 67.7 Å². The van der Waals surface area contributed by atoms with Gasteiger partial charge in [-0.1, -0.05) is 103 Å². The highest BCUT2D eigenvalue weighted by molar-refractivity contribution is 6.00. The van der Waals surface area contributed by atoms with Gasteiger partial charge in [-0.15, -0.1) is 0 Å². The number of carbonyl (C=O) groups is 3. The van der Waals surface area contributed by atoms with Gasteiger partial charge in [-0.25, -0.2) is 4.79 Å². The fourth-order valence-electron chi connectivity index (χ4n) is 4.70. The summed E-state index contributed by atoms with van der Waals surface area (Å²) < 4.78 is 11.2. The van der Waals surface area contributed by atoms with Crippen LogP contribution in [0.3, 0.4) is 0 Å². The average Bonchev–Trinajstić information content (AvgIpc) is 3.07. The van der Waals surface area contributed by atoms with Crippen LogP contribution >= 0.6 is 0 Å². The summed E-state index contributed by atoms with van der Waals surface area (Å²) in [7, 11) is 1.86. The van der Waals surface area contributed by atoms with Crippen molar-refractivity contribution < 1.29 is 23.9 Å². The third-order valence-electron chi connectivity index (χ3n) is 7.54. The Kier molecular flexibility index (Phi) is 12.7. The molecular formula is C37H41N3O5. The molecule has 0 fully saturated rings. The summed E-state index contributed by atoms with van der Waals surface area (Å²) in [6.07, 6.45) is 1.17. The van der Waals surface area contributed by atoms with Crippen LogP contribution in [0.1, 0.15) is 35.6 Å². The molecule has 3 amide bonds. The van der Waals surface area contributed by atoms with Crippen molar-refractivity contribution in [3.63, 3.8) is 0 Å². The second-order valence-electron chi connectivity index (χ2n) is 11.0. The second kappa shape index (κ2) is 17.4. The third kappa shape index (κ3) is 11.2. The Hall–Kier alpha value is -4.95. The van der Waals surface area contributed by atoms with Crippen LogP contribution in [-0.4, -0.2) is 48.5 Å². The monoisotopic (exact) mass is 607 g/mol. The Bertz CT molecular complexity index is 1480. The van der Waals surface area contributed by atoms with Crippen LogP contribution in [-0.2, 0) is 40.4 Å². The van der Waals surface area contributed by atoms with Crippen LogP contribution in [0.2, 0.25) is 0 Å². The van der Waals surface area contributed by atoms with Crippen LogP contribution < -0.4 is 15.4 Å². The fourth-order valence-corrected chi connectivity index (χ4v) is 4.70. The van der Waals surface area contributed by atoms with E-state index in [9.17, 15) is 14.4 Å². The zero-order valence-electron chi connectivity index (χ0n) is 25.9. The number of alkyl carbamates (subject to hydrolysis) is 1. The molecule has 0 unspecified atom stereocenters. The number of nitrogens with one attached hydrogen (secondary N) is 2. The van der Waals surface area contributed by atoms with Crippen LogP contribution in [0.15, 0.2) is 115 Å². The highest BCUT2D eigenvalue weighted by Crippen LogP contribution is 2.16. The summed E-state index contributed by atoms with van der Waals surface area (Å²) in [5.41, 5.74) is 3.89. The van der Waals surface area contributed by atoms with Gasteiger partial charge in [0, 0.05) is 6.42 Å². The Labute approximate surface area is 265 Å². The van der Waals surface area contributed by atoms with Crippen LogP contribution in [0.4, 0.5) is 4.79 Å². The minimum absolute atomic E-state index is 0.0538. The number of imide groups is 1. The molecule has 4 aromatic carbocycles. The van der Waals surface area contributed by atoms with E-state index >= 15 is 0 Å². The quantitative estimate of drug-likeness (QED) is 0.180. The molecule has 2 N–H and O–H groups in total. The Balaban J connectivity index is 1.34. The number of nitrogens with zero attached hydrogens (tertiary/aromatic N) is 1. The third-order valence-corrected chi connectivity index (χ3v) is 7.54. The molecule has 0 bridgehead atoms. The normalized spacial score (nSPS) is 12.2. The fraction of sp³-hybridized carbons (Fsp3) is 0.270. The molecule has 0 saturated carbocycles. The zero-order chi connectivity index (χ0) is 31.9. The molecule has 0 radical (unpaired) electrons. The van der Waals surface area contributed by atoms with Crippen molar-refractivity contribution in [1.29, 1.82) is 0 Å². The summed E-state index contributed by atoms with van der Waals surface area (Å²) in [5, 5.41) is 5.16. The number of rotatable bonds is 15. The standard InChI is InChI=1S/C37H41N3O5/c1-28(40(2)24-12-19-29-13-6-3-7-14-29)35(41)39-36(42)34(38-37(43)45-27-32-17-10-5-11-18-32)25-30-20-22-33(23-21-30)44-26-31-15-8-4-9-16-31/h3-11,13-18,20-23,28,34H,12,19,24-27H2,1-2H3,(H,38,43)(H,39,41,42)/t28-,34+/m1/s1. The minimum Gasteiger partial charge on any atom is -0.489 e. The zero-order valence-corrected chi connectivity index (χ0v) is 25.9. The van der Waals surface area contributed by atoms with Crippen molar-refractivity contribution in [1.82, 2.24) is 15.5 Å². The first-order chi connectivity index (χ1) is 21.9. The molecule has 4 aromatic rings. The summed E-state index contributed by atoms with van der Waals surface area (Å²) in [6, 6.07) is 35.0. The van der Waals surface area contributed by atoms with E-state index in [0.717, 1.165) is 29.5 Å². The van der Waals surface area contributed by atoms with E-state index in [1.54, 1.807) is 6.92 Å². The van der Waals surface area contributed by atoms with Crippen molar-refractivity contribution in [2.24, 2.45) is 0 Å². The number of aryl methyl sites for hydroxylation is 1. The lowest BCUT2D eigenvalue weighted by molar-refractivity contribution is -0.134. The SMILES string of the molecule is C[C@H](C(=O)NC(=O)[C@H](Cc1ccc(OCc2ccccc2)cc1)NC(=O)OCc1ccccc1)N(C)CCCc1ccccc1. The summed E-state index contributed by atoms with van der Waals surface area (Å²) >= 11 is 0. The lowest BCUT2D eigenvalue weighted by atomic mass is 10.0. The van der Waals surface area contributed by atoms with Crippen molar-refractivity contribution in [3.8, 4) is 5.75 Å². The maximum absolute atomic E-state index is 13.4. The summed E-state index contributed by atoms with van der Waals surface area (Å²) in [4.78, 5) is 41.1. The van der Waals surface area contributed by atoms with Crippen LogP contribution in [0, 0.1) is 0 Å². The molecular weight excluding hydrogens is 566 g/mol. The van der Waals surface area contributed by atoms with Gasteiger partial charge in [-0.2, -0.15) is 0 Å². The van der Waals surface area contributed by atoms with Gasteiger partial charge in [0.1, 0.15) is 25.0 Å². The maximum Gasteiger partial charge on any atom is 0.408 e. The predicted octanol–water partition coefficient (Wildman–Crippen LogP) is 5.70. The van der Waals surface area contributed by atoms with Gasteiger partial charge in [0.2, 0.25) is 11.8 Å². The van der Waals surface area contributed by atoms with Crippen molar-refractivity contribution in [2.45, 2.75) is 51.5 Å². The first kappa shape index (κ1) is 33.0. The van der Waals surface area contributed by atoms with Crippen molar-refractivity contribution in [2.75, 3.05) is 13.6 Å². The van der Waals surface area contributed by atoms with Gasteiger partial charge >= 0.3 is 6.09 Å². The number of hydrogen-bond acceptors (Lipinski definition) is 6. The molecule has 0 spiro atoms. The highest BCUT2D eigenvalue weighted by Gasteiger charge is 2.27. The molecule has 0 aliphatic heterocycles. The largest absolute Gasteiger partial charge is 0.489 e. The van der Waals surface area contributed by atoms with E-state index in [0.29, 0.717) is 18.9 Å². The molecule has 8 heteroatoms. The van der Waals surface area contributed by atoms with Gasteiger partial charge in [0.15, 0.2) is 0 Å². The molecule has 0 saturated heterocycles. The van der Waals surface area contributed by atoms with Gasteiger partial charge < -0.3 is 14.8 Å². The number of amides is 3. The van der Waals surface area contributed by atoms with E-state index in [1.165, 1.54) is 5.56 Å². The lowest BCUT2D eigenvalue weighted by Crippen LogP contribution is -2.53. The maximum atomic E-state index is 13.4. The first-order valence-electron chi connectivity index (χ1n) is 15.2. The molecule has 0 aliphatic rings. The second-order valence-corrected chi connectivity index (χ2v) is 11.0. The number of ether oxygens (including phenoxy) is 2. The van der Waals surface area contributed by atoms with Crippen LogP contribution in [0.5, 0.6) is 5.75 Å². The van der Waals surface area contributed by atoms with E-state index in [2.05, 4.69) is 22.8 Å². The van der Waals surface area contributed by atoms with E-state index < -0.39 is 30.0 Å². The number of hydrogen-bond donors (Lipinski definition) is 2. The predicted molar refractivity (Wildman–Crippen MR) is 174 cm³/mol. The molecule has 45 heavy (non-hydrogen) atoms. The topological polar surface area (TPSA) is 97.0 Å². The lowest BCUT2D eigenvalue weighted by Gasteiger charge is -2.25. The first-order valence-corrected chi connectivity index (χ1v) is 15.2. The van der Waals surface area contributed by atoms with Gasteiger partial charge in [-0.3, -0.25) is 19.8 Å². The molecule has 0 heterocycles. The average molecular weight is 608 g/mol. The van der Waals surface area contributed by atoms with Crippen molar-refractivity contribution in [3.05, 3.63) is 138 Å². The van der Waals surface area contributed by atoms with Gasteiger partial charge in [0.25, 0.3) is 0 Å². The van der Waals surface area contributed by atoms with E-state index in [4.69, 9.17) is 9.47 Å². The Morgan fingerprint density at radius 2 is 1.24 bits per heavy atom. The Morgan fingerprint density at radius 1 is 0.689 bits per heavy atom. The van der Waals surface area contributed by atoms with Crippen molar-refractivity contribution >= 4 is 17.9 Å². The number of likely N-dealkylation sites (N-methyl/N-ethyl adjacent to an activating group) is 1. The number of carbonyl (C=O) groups excluding carboxylic acids is 3. The molecule has 8 nitrogen and oxygen atoms in total. The molecule has 4 rings (SSSR count). The molecule has 234 valence electrons. The highest BCUT2D eigenvalue weighted by atomic mass is 16.5. The smallest absolute Gasteiger partial charge is 0.408 e. The summed E-state index contributed by atoms with van der Waals surface area (Å²) in [6.45, 7) is 2.93. The summed E-state index contributed by atoms with van der Waals surface area (Å²) in [5.74, 6) is -0.361. The molecule has 2 atom stereocenters. The molecule has 0 aliphatic carbocycles. The number of benzene rings is 4. The van der Waals surface area contributed by atoms with Gasteiger partial charge in [0.05, 0.1) is 6.04 Å².